The minimum absolute atomic E-state index is 0.00752. The molecular formula is C15H17Cl2N3O. The van der Waals surface area contributed by atoms with Crippen molar-refractivity contribution < 1.29 is 4.79 Å². The summed E-state index contributed by atoms with van der Waals surface area (Å²) in [6.45, 7) is 4.19. The van der Waals surface area contributed by atoms with Crippen molar-refractivity contribution in [2.24, 2.45) is 11.3 Å². The van der Waals surface area contributed by atoms with Crippen molar-refractivity contribution in [3.8, 4) is 0 Å². The predicted molar refractivity (Wildman–Crippen MR) is 85.9 cm³/mol. The molecule has 1 fully saturated rings. The summed E-state index contributed by atoms with van der Waals surface area (Å²) in [5, 5.41) is 3.87. The number of H-pyrrole nitrogens is 1. The number of anilines is 1. The third kappa shape index (κ3) is 2.74. The van der Waals surface area contributed by atoms with Gasteiger partial charge in [0.05, 0.1) is 10.5 Å². The summed E-state index contributed by atoms with van der Waals surface area (Å²) in [5.41, 5.74) is 1.01. The Hall–Kier alpha value is -1.26. The second-order valence-corrected chi connectivity index (χ2v) is 7.08. The highest BCUT2D eigenvalue weighted by atomic mass is 35.5. The lowest BCUT2D eigenvalue weighted by atomic mass is 9.87. The predicted octanol–water partition coefficient (Wildman–Crippen LogP) is 4.63. The van der Waals surface area contributed by atoms with Crippen LogP contribution in [0.4, 0.5) is 5.95 Å². The minimum atomic E-state index is -0.320. The van der Waals surface area contributed by atoms with Crippen LogP contribution >= 0.6 is 23.2 Å². The topological polar surface area (TPSA) is 57.8 Å². The highest BCUT2D eigenvalue weighted by Crippen LogP contribution is 2.42. The summed E-state index contributed by atoms with van der Waals surface area (Å²) < 4.78 is 0. The molecule has 0 spiro atoms. The summed E-state index contributed by atoms with van der Waals surface area (Å²) in [6, 6.07) is 3.38. The van der Waals surface area contributed by atoms with E-state index in [2.05, 4.69) is 22.2 Å². The Morgan fingerprint density at radius 2 is 2.24 bits per heavy atom. The molecule has 1 aliphatic rings. The van der Waals surface area contributed by atoms with Crippen molar-refractivity contribution in [2.75, 3.05) is 5.32 Å². The molecule has 2 aromatic rings. The van der Waals surface area contributed by atoms with Crippen LogP contribution in [0, 0.1) is 11.3 Å². The Morgan fingerprint density at radius 1 is 1.48 bits per heavy atom. The van der Waals surface area contributed by atoms with E-state index in [0.29, 0.717) is 32.9 Å². The van der Waals surface area contributed by atoms with Crippen molar-refractivity contribution in [1.29, 1.82) is 0 Å². The molecule has 1 heterocycles. The number of fused-ring (bicyclic) bond motifs is 1. The number of amides is 1. The zero-order chi connectivity index (χ0) is 15.2. The first-order valence-electron chi connectivity index (χ1n) is 7.03. The van der Waals surface area contributed by atoms with Crippen LogP contribution in [-0.4, -0.2) is 15.9 Å². The number of benzene rings is 1. The molecule has 4 nitrogen and oxygen atoms in total. The van der Waals surface area contributed by atoms with E-state index >= 15 is 0 Å². The van der Waals surface area contributed by atoms with Gasteiger partial charge in [-0.05, 0) is 37.3 Å². The Balaban J connectivity index is 1.85. The molecule has 3 rings (SSSR count). The van der Waals surface area contributed by atoms with Gasteiger partial charge in [-0.2, -0.15) is 0 Å². The van der Waals surface area contributed by atoms with Crippen molar-refractivity contribution in [2.45, 2.75) is 33.1 Å². The fraction of sp³-hybridized carbons (Fsp3) is 0.467. The van der Waals surface area contributed by atoms with Crippen molar-refractivity contribution in [1.82, 2.24) is 9.97 Å². The minimum Gasteiger partial charge on any atom is -0.324 e. The number of aromatic amines is 1. The Bertz CT molecular complexity index is 712. The van der Waals surface area contributed by atoms with Gasteiger partial charge in [0, 0.05) is 10.4 Å². The van der Waals surface area contributed by atoms with E-state index in [9.17, 15) is 4.79 Å². The van der Waals surface area contributed by atoms with Gasteiger partial charge in [-0.25, -0.2) is 4.98 Å². The number of rotatable bonds is 2. The fourth-order valence-electron chi connectivity index (χ4n) is 3.10. The van der Waals surface area contributed by atoms with Crippen LogP contribution in [0.1, 0.15) is 33.1 Å². The molecule has 112 valence electrons. The first-order chi connectivity index (χ1) is 9.87. The number of nitrogens with zero attached hydrogens (tertiary/aromatic N) is 1. The summed E-state index contributed by atoms with van der Waals surface area (Å²) >= 11 is 12.1. The zero-order valence-electron chi connectivity index (χ0n) is 12.0. The molecule has 1 aromatic carbocycles. The van der Waals surface area contributed by atoms with E-state index in [1.54, 1.807) is 12.1 Å². The maximum Gasteiger partial charge on any atom is 0.232 e. The lowest BCUT2D eigenvalue weighted by Crippen LogP contribution is -2.31. The lowest BCUT2D eigenvalue weighted by Gasteiger charge is -2.21. The van der Waals surface area contributed by atoms with Crippen molar-refractivity contribution >= 4 is 46.1 Å². The number of imidazole rings is 1. The van der Waals surface area contributed by atoms with E-state index in [4.69, 9.17) is 23.2 Å². The smallest absolute Gasteiger partial charge is 0.232 e. The molecule has 1 amide bonds. The van der Waals surface area contributed by atoms with Gasteiger partial charge in [0.2, 0.25) is 11.9 Å². The summed E-state index contributed by atoms with van der Waals surface area (Å²) in [5.74, 6) is 1.01. The van der Waals surface area contributed by atoms with Crippen molar-refractivity contribution in [3.05, 3.63) is 22.2 Å². The average Bonchev–Trinajstić information content (AvgIpc) is 2.94. The quantitative estimate of drug-likeness (QED) is 0.845. The molecule has 2 N–H and O–H groups in total. The molecule has 2 atom stereocenters. The van der Waals surface area contributed by atoms with Crippen LogP contribution in [-0.2, 0) is 4.79 Å². The highest BCUT2D eigenvalue weighted by molar-refractivity contribution is 6.38. The zero-order valence-corrected chi connectivity index (χ0v) is 13.5. The Kier molecular flexibility index (Phi) is 3.62. The van der Waals surface area contributed by atoms with Gasteiger partial charge in [-0.3, -0.25) is 10.1 Å². The molecule has 2 unspecified atom stereocenters. The second kappa shape index (κ2) is 5.18. The SMILES string of the molecule is CC1CCC(C)(C(=O)Nc2nc3c(Cl)cc(Cl)cc3[nH]2)C1. The molecule has 0 radical (unpaired) electrons. The van der Waals surface area contributed by atoms with E-state index < -0.39 is 0 Å². The van der Waals surface area contributed by atoms with E-state index in [1.807, 2.05) is 6.92 Å². The summed E-state index contributed by atoms with van der Waals surface area (Å²) in [4.78, 5) is 19.9. The van der Waals surface area contributed by atoms with Crippen LogP contribution in [0.3, 0.4) is 0 Å². The van der Waals surface area contributed by atoms with Crippen molar-refractivity contribution in [3.63, 3.8) is 0 Å². The van der Waals surface area contributed by atoms with Crippen LogP contribution in [0.15, 0.2) is 12.1 Å². The highest BCUT2D eigenvalue weighted by Gasteiger charge is 2.39. The van der Waals surface area contributed by atoms with Gasteiger partial charge in [-0.1, -0.05) is 37.0 Å². The Labute approximate surface area is 133 Å². The summed E-state index contributed by atoms with van der Waals surface area (Å²) in [6.07, 6.45) is 2.91. The van der Waals surface area contributed by atoms with E-state index in [0.717, 1.165) is 19.3 Å². The number of nitrogens with one attached hydrogen (secondary N) is 2. The number of hydrogen-bond acceptors (Lipinski definition) is 2. The third-order valence-electron chi connectivity index (χ3n) is 4.27. The Morgan fingerprint density at radius 3 is 2.90 bits per heavy atom. The molecule has 1 saturated carbocycles. The molecule has 21 heavy (non-hydrogen) atoms. The normalized spacial score (nSPS) is 25.4. The number of hydrogen-bond donors (Lipinski definition) is 2. The van der Waals surface area contributed by atoms with Gasteiger partial charge >= 0.3 is 0 Å². The second-order valence-electron chi connectivity index (χ2n) is 6.23. The largest absolute Gasteiger partial charge is 0.324 e. The van der Waals surface area contributed by atoms with Crippen LogP contribution in [0.2, 0.25) is 10.0 Å². The van der Waals surface area contributed by atoms with Crippen LogP contribution in [0.5, 0.6) is 0 Å². The molecule has 0 bridgehead atoms. The molecule has 1 aliphatic carbocycles. The maximum absolute atomic E-state index is 12.5. The average molecular weight is 326 g/mol. The first-order valence-corrected chi connectivity index (χ1v) is 7.79. The first kappa shape index (κ1) is 14.7. The third-order valence-corrected chi connectivity index (χ3v) is 4.78. The van der Waals surface area contributed by atoms with E-state index in [1.165, 1.54) is 0 Å². The standard InChI is InChI=1S/C15H17Cl2N3O/c1-8-3-4-15(2,7-8)13(21)20-14-18-11-6-9(16)5-10(17)12(11)19-14/h5-6,8H,3-4,7H2,1-2H3,(H2,18,19,20,21). The van der Waals surface area contributed by atoms with Gasteiger partial charge in [-0.15, -0.1) is 0 Å². The molecule has 1 aromatic heterocycles. The number of halogens is 2. The number of aromatic nitrogens is 2. The fourth-order valence-corrected chi connectivity index (χ4v) is 3.64. The molecule has 0 aliphatic heterocycles. The monoisotopic (exact) mass is 325 g/mol. The van der Waals surface area contributed by atoms with Gasteiger partial charge in [0.1, 0.15) is 5.52 Å². The molecule has 6 heteroatoms. The van der Waals surface area contributed by atoms with Gasteiger partial charge in [0.15, 0.2) is 0 Å². The van der Waals surface area contributed by atoms with Crippen LogP contribution in [0.25, 0.3) is 11.0 Å². The summed E-state index contributed by atoms with van der Waals surface area (Å²) in [7, 11) is 0. The molecular weight excluding hydrogens is 309 g/mol. The molecule has 0 saturated heterocycles. The van der Waals surface area contributed by atoms with Gasteiger partial charge in [0.25, 0.3) is 0 Å². The number of carbonyl (C=O) groups excluding carboxylic acids is 1. The lowest BCUT2D eigenvalue weighted by molar-refractivity contribution is -0.124. The van der Waals surface area contributed by atoms with Gasteiger partial charge < -0.3 is 4.98 Å². The maximum atomic E-state index is 12.5. The van der Waals surface area contributed by atoms with Crippen LogP contribution < -0.4 is 5.32 Å². The van der Waals surface area contributed by atoms with E-state index in [-0.39, 0.29) is 11.3 Å². The number of carbonyl (C=O) groups is 1.